The molecule has 5 rings (SSSR count). The van der Waals surface area contributed by atoms with E-state index < -0.39 is 46.3 Å². The molecule has 0 bridgehead atoms. The highest BCUT2D eigenvalue weighted by Gasteiger charge is 2.61. The third-order valence-electron chi connectivity index (χ3n) is 6.44. The molecule has 0 spiro atoms. The maximum absolute atomic E-state index is 13.3. The molecule has 1 atom stereocenters. The van der Waals surface area contributed by atoms with Crippen molar-refractivity contribution in [1.82, 2.24) is 15.0 Å². The number of carbonyl (C=O) groups excluding carboxylic acids is 1. The molecular weight excluding hydrogens is 518 g/mol. The molecule has 1 aromatic carbocycles. The Morgan fingerprint density at radius 2 is 1.86 bits per heavy atom. The molecule has 1 aliphatic carbocycles. The van der Waals surface area contributed by atoms with Crippen molar-refractivity contribution in [3.05, 3.63) is 35.7 Å². The number of aromatic nitrogens is 3. The zero-order valence-electron chi connectivity index (χ0n) is 19.5. The van der Waals surface area contributed by atoms with Crippen molar-refractivity contribution in [3.63, 3.8) is 0 Å². The number of anilines is 3. The van der Waals surface area contributed by atoms with E-state index in [0.29, 0.717) is 13.2 Å². The fraction of sp³-hybridized carbons (Fsp3) is 0.435. The Labute approximate surface area is 208 Å². The number of carbonyl (C=O) groups is 1. The molecule has 1 aliphatic heterocycles. The molecule has 1 saturated carbocycles. The highest BCUT2D eigenvalue weighted by Crippen LogP contribution is 2.49. The van der Waals surface area contributed by atoms with Gasteiger partial charge in [0.15, 0.2) is 21.3 Å². The van der Waals surface area contributed by atoms with Crippen LogP contribution in [-0.4, -0.2) is 54.7 Å². The molecular formula is C23H23F4N5O4S. The highest BCUT2D eigenvalue weighted by atomic mass is 32.2. The lowest BCUT2D eigenvalue weighted by atomic mass is 9.91. The van der Waals surface area contributed by atoms with Crippen molar-refractivity contribution in [2.24, 2.45) is 5.92 Å². The van der Waals surface area contributed by atoms with E-state index in [1.165, 1.54) is 6.07 Å². The molecule has 3 N–H and O–H groups in total. The van der Waals surface area contributed by atoms with Crippen LogP contribution < -0.4 is 10.6 Å². The van der Waals surface area contributed by atoms with Gasteiger partial charge in [-0.05, 0) is 36.5 Å². The SMILES string of the molecule is CS(=O)(=O)c1cc(C2CCOCC2)ccc1Nc1cc(NC(=O)C2CC2(F)F)nc2[nH]c(C(F)F)nc12. The maximum Gasteiger partial charge on any atom is 0.295 e. The predicted molar refractivity (Wildman–Crippen MR) is 126 cm³/mol. The summed E-state index contributed by atoms with van der Waals surface area (Å²) in [4.78, 5) is 22.4. The lowest BCUT2D eigenvalue weighted by Crippen LogP contribution is -2.18. The molecule has 3 heterocycles. The Morgan fingerprint density at radius 3 is 2.49 bits per heavy atom. The van der Waals surface area contributed by atoms with Gasteiger partial charge < -0.3 is 20.4 Å². The van der Waals surface area contributed by atoms with Crippen molar-refractivity contribution in [3.8, 4) is 0 Å². The molecule has 3 aromatic rings. The van der Waals surface area contributed by atoms with Crippen LogP contribution in [0.2, 0.25) is 0 Å². The van der Waals surface area contributed by atoms with Crippen LogP contribution in [0.25, 0.3) is 11.2 Å². The number of alkyl halides is 4. The number of hydrogen-bond donors (Lipinski definition) is 3. The van der Waals surface area contributed by atoms with Crippen LogP contribution in [0.3, 0.4) is 0 Å². The Bertz CT molecular complexity index is 1470. The fourth-order valence-electron chi connectivity index (χ4n) is 4.36. The number of aromatic amines is 1. The fourth-order valence-corrected chi connectivity index (χ4v) is 5.23. The van der Waals surface area contributed by atoms with Crippen LogP contribution >= 0.6 is 0 Å². The van der Waals surface area contributed by atoms with E-state index in [0.717, 1.165) is 24.7 Å². The standard InChI is InChI=1S/C23H23F4N5O4S/c1-37(34,35)16-8-12(11-4-6-36-7-5-11)2-3-14(16)28-15-9-17(30-22(33)13-10-23(13,26)27)29-20-18(15)31-21(32-20)19(24)25/h2-3,8-9,11,13,19H,4-7,10H2,1H3,(H3,28,29,30,31,32,33). The number of H-pyrrole nitrogens is 1. The smallest absolute Gasteiger partial charge is 0.295 e. The Balaban J connectivity index is 1.54. The van der Waals surface area contributed by atoms with Gasteiger partial charge in [0.25, 0.3) is 12.3 Å². The van der Waals surface area contributed by atoms with Crippen LogP contribution in [0.5, 0.6) is 0 Å². The first kappa shape index (κ1) is 25.4. The van der Waals surface area contributed by atoms with E-state index in [1.54, 1.807) is 18.2 Å². The van der Waals surface area contributed by atoms with E-state index in [1.807, 2.05) is 0 Å². The van der Waals surface area contributed by atoms with Gasteiger partial charge in [-0.25, -0.2) is 35.9 Å². The monoisotopic (exact) mass is 541 g/mol. The molecule has 14 heteroatoms. The van der Waals surface area contributed by atoms with Crippen molar-refractivity contribution >= 4 is 44.1 Å². The zero-order valence-corrected chi connectivity index (χ0v) is 20.3. The minimum absolute atomic E-state index is 0.0192. The normalized spacial score (nSPS) is 19.8. The van der Waals surface area contributed by atoms with Crippen molar-refractivity contribution in [2.75, 3.05) is 30.1 Å². The van der Waals surface area contributed by atoms with E-state index in [9.17, 15) is 30.8 Å². The molecule has 2 fully saturated rings. The summed E-state index contributed by atoms with van der Waals surface area (Å²) in [5.74, 6) is -6.34. The summed E-state index contributed by atoms with van der Waals surface area (Å²) in [6.07, 6.45) is -1.02. The topological polar surface area (TPSA) is 126 Å². The van der Waals surface area contributed by atoms with Gasteiger partial charge in [-0.2, -0.15) is 0 Å². The second-order valence-electron chi connectivity index (χ2n) is 9.22. The first-order valence-electron chi connectivity index (χ1n) is 11.5. The molecule has 1 saturated heterocycles. The third-order valence-corrected chi connectivity index (χ3v) is 7.58. The molecule has 0 radical (unpaired) electrons. The van der Waals surface area contributed by atoms with Crippen LogP contribution in [-0.2, 0) is 19.4 Å². The summed E-state index contributed by atoms with van der Waals surface area (Å²) < 4.78 is 84.0. The maximum atomic E-state index is 13.3. The van der Waals surface area contributed by atoms with Gasteiger partial charge in [-0.1, -0.05) is 6.07 Å². The Morgan fingerprint density at radius 1 is 1.16 bits per heavy atom. The van der Waals surface area contributed by atoms with Gasteiger partial charge in [-0.15, -0.1) is 0 Å². The van der Waals surface area contributed by atoms with Crippen molar-refractivity contribution in [2.45, 2.75) is 42.4 Å². The summed E-state index contributed by atoms with van der Waals surface area (Å²) in [7, 11) is -3.73. The number of sulfone groups is 1. The number of ether oxygens (including phenoxy) is 1. The number of nitrogens with one attached hydrogen (secondary N) is 3. The first-order valence-corrected chi connectivity index (χ1v) is 13.4. The van der Waals surface area contributed by atoms with Crippen LogP contribution in [0.1, 0.15) is 43.0 Å². The number of halogens is 4. The van der Waals surface area contributed by atoms with E-state index in [-0.39, 0.29) is 39.2 Å². The van der Waals surface area contributed by atoms with Gasteiger partial charge in [0.1, 0.15) is 17.3 Å². The second-order valence-corrected chi connectivity index (χ2v) is 11.2. The van der Waals surface area contributed by atoms with Gasteiger partial charge in [0.05, 0.1) is 16.3 Å². The number of imidazole rings is 1. The number of benzene rings is 1. The summed E-state index contributed by atoms with van der Waals surface area (Å²) in [5.41, 5.74) is 0.844. The number of hydrogen-bond acceptors (Lipinski definition) is 7. The van der Waals surface area contributed by atoms with Gasteiger partial charge in [0.2, 0.25) is 5.91 Å². The zero-order chi connectivity index (χ0) is 26.5. The van der Waals surface area contributed by atoms with Crippen molar-refractivity contribution in [1.29, 1.82) is 0 Å². The molecule has 37 heavy (non-hydrogen) atoms. The predicted octanol–water partition coefficient (Wildman–Crippen LogP) is 4.53. The van der Waals surface area contributed by atoms with Crippen LogP contribution in [0.15, 0.2) is 29.2 Å². The summed E-state index contributed by atoms with van der Waals surface area (Å²) in [6, 6.07) is 6.14. The molecule has 1 amide bonds. The second kappa shape index (κ2) is 9.24. The molecule has 2 aliphatic rings. The number of amides is 1. The minimum Gasteiger partial charge on any atom is -0.381 e. The van der Waals surface area contributed by atoms with E-state index in [2.05, 4.69) is 25.6 Å². The third kappa shape index (κ3) is 5.25. The van der Waals surface area contributed by atoms with E-state index in [4.69, 9.17) is 4.74 Å². The van der Waals surface area contributed by atoms with E-state index >= 15 is 0 Å². The average molecular weight is 542 g/mol. The summed E-state index contributed by atoms with van der Waals surface area (Å²) in [6.45, 7) is 1.14. The number of nitrogens with zero attached hydrogens (tertiary/aromatic N) is 2. The largest absolute Gasteiger partial charge is 0.381 e. The van der Waals surface area contributed by atoms with Gasteiger partial charge >= 0.3 is 0 Å². The quantitative estimate of drug-likeness (QED) is 0.375. The first-order chi connectivity index (χ1) is 17.4. The van der Waals surface area contributed by atoms with Crippen molar-refractivity contribution < 1.29 is 35.5 Å². The minimum atomic E-state index is -3.73. The van der Waals surface area contributed by atoms with Gasteiger partial charge in [0, 0.05) is 32.0 Å². The number of pyridine rings is 1. The van der Waals surface area contributed by atoms with Gasteiger partial charge in [-0.3, -0.25) is 4.79 Å². The molecule has 2 aromatic heterocycles. The Kier molecular flexibility index (Phi) is 6.34. The molecule has 198 valence electrons. The summed E-state index contributed by atoms with van der Waals surface area (Å²) >= 11 is 0. The van der Waals surface area contributed by atoms with Crippen LogP contribution in [0.4, 0.5) is 34.8 Å². The molecule has 1 unspecified atom stereocenters. The number of fused-ring (bicyclic) bond motifs is 1. The average Bonchev–Trinajstić information content (AvgIpc) is 3.27. The molecule has 9 nitrogen and oxygen atoms in total. The number of rotatable bonds is 7. The summed E-state index contributed by atoms with van der Waals surface area (Å²) in [5, 5.41) is 5.19. The lowest BCUT2D eigenvalue weighted by molar-refractivity contribution is -0.119. The highest BCUT2D eigenvalue weighted by molar-refractivity contribution is 7.90. The van der Waals surface area contributed by atoms with Crippen LogP contribution in [0, 0.1) is 5.92 Å². The Hall–Kier alpha value is -3.26. The lowest BCUT2D eigenvalue weighted by Gasteiger charge is -2.23.